The molecule has 0 radical (unpaired) electrons. The van der Waals surface area contributed by atoms with Gasteiger partial charge < -0.3 is 15.1 Å². The number of benzene rings is 1. The van der Waals surface area contributed by atoms with Crippen LogP contribution in [-0.4, -0.2) is 59.9 Å². The maximum absolute atomic E-state index is 12.8. The van der Waals surface area contributed by atoms with Gasteiger partial charge in [-0.3, -0.25) is 9.59 Å². The molecule has 0 bridgehead atoms. The number of hydrogen-bond acceptors (Lipinski definition) is 4. The highest BCUT2D eigenvalue weighted by molar-refractivity contribution is 7.99. The van der Waals surface area contributed by atoms with E-state index in [9.17, 15) is 9.59 Å². The van der Waals surface area contributed by atoms with Gasteiger partial charge in [0.1, 0.15) is 6.04 Å². The van der Waals surface area contributed by atoms with Gasteiger partial charge in [-0.15, -0.1) is 11.8 Å². The second-order valence-corrected chi connectivity index (χ2v) is 9.18. The summed E-state index contributed by atoms with van der Waals surface area (Å²) in [6, 6.07) is 8.10. The van der Waals surface area contributed by atoms with Gasteiger partial charge in [0.05, 0.1) is 11.9 Å². The standard InChI is InChI=1S/C20H31N3O2S/c1-14-7-9-15(10-8-14)16(22(5)6)11-21-18(24)17-12-26-13-23(17)19(25)20(2,3)4/h7-10,16-17H,11-13H2,1-6H3,(H,21,24). The molecule has 1 aromatic rings. The van der Waals surface area contributed by atoms with E-state index in [0.29, 0.717) is 18.2 Å². The Kier molecular flexibility index (Phi) is 6.74. The molecule has 1 aromatic carbocycles. The third-order valence-corrected chi connectivity index (χ3v) is 5.65. The third-order valence-electron chi connectivity index (χ3n) is 4.64. The van der Waals surface area contributed by atoms with Crippen LogP contribution in [0.15, 0.2) is 24.3 Å². The first-order valence-corrected chi connectivity index (χ1v) is 10.2. The lowest BCUT2D eigenvalue weighted by molar-refractivity contribution is -0.144. The second kappa shape index (κ2) is 8.44. The molecule has 0 aliphatic carbocycles. The van der Waals surface area contributed by atoms with Crippen LogP contribution >= 0.6 is 11.8 Å². The van der Waals surface area contributed by atoms with E-state index < -0.39 is 5.41 Å². The molecule has 1 aliphatic rings. The van der Waals surface area contributed by atoms with Crippen molar-refractivity contribution >= 4 is 23.6 Å². The summed E-state index contributed by atoms with van der Waals surface area (Å²) in [5, 5.41) is 3.07. The molecule has 1 saturated heterocycles. The first-order chi connectivity index (χ1) is 12.1. The van der Waals surface area contributed by atoms with E-state index in [1.54, 1.807) is 16.7 Å². The van der Waals surface area contributed by atoms with Crippen LogP contribution < -0.4 is 5.32 Å². The Bertz CT molecular complexity index is 637. The maximum Gasteiger partial charge on any atom is 0.243 e. The minimum atomic E-state index is -0.475. The van der Waals surface area contributed by atoms with Gasteiger partial charge in [-0.25, -0.2) is 0 Å². The zero-order valence-electron chi connectivity index (χ0n) is 16.7. The SMILES string of the molecule is Cc1ccc(C(CNC(=O)C2CSCN2C(=O)C(C)(C)C)N(C)C)cc1. The number of hydrogen-bond donors (Lipinski definition) is 1. The number of carbonyl (C=O) groups is 2. The van der Waals surface area contributed by atoms with Gasteiger partial charge in [0.2, 0.25) is 11.8 Å². The molecule has 1 heterocycles. The number of likely N-dealkylation sites (N-methyl/N-ethyl adjacent to an activating group) is 1. The molecular weight excluding hydrogens is 346 g/mol. The Hall–Kier alpha value is -1.53. The fourth-order valence-electron chi connectivity index (χ4n) is 2.99. The summed E-state index contributed by atoms with van der Waals surface area (Å²) < 4.78 is 0. The van der Waals surface area contributed by atoms with E-state index in [1.165, 1.54) is 11.1 Å². The molecule has 1 aliphatic heterocycles. The van der Waals surface area contributed by atoms with Gasteiger partial charge in [0.15, 0.2) is 0 Å². The number of nitrogens with zero attached hydrogens (tertiary/aromatic N) is 2. The first-order valence-electron chi connectivity index (χ1n) is 9.01. The van der Waals surface area contributed by atoms with Crippen LogP contribution in [-0.2, 0) is 9.59 Å². The summed E-state index contributed by atoms with van der Waals surface area (Å²) in [4.78, 5) is 29.2. The molecular formula is C20H31N3O2S. The Balaban J connectivity index is 2.03. The van der Waals surface area contributed by atoms with E-state index >= 15 is 0 Å². The Morgan fingerprint density at radius 3 is 2.42 bits per heavy atom. The lowest BCUT2D eigenvalue weighted by Gasteiger charge is -2.30. The van der Waals surface area contributed by atoms with Crippen molar-refractivity contribution in [3.05, 3.63) is 35.4 Å². The molecule has 6 heteroatoms. The summed E-state index contributed by atoms with van der Waals surface area (Å²) in [5.74, 6) is 1.21. The number of thioether (sulfide) groups is 1. The zero-order valence-corrected chi connectivity index (χ0v) is 17.5. The van der Waals surface area contributed by atoms with Gasteiger partial charge in [0, 0.05) is 17.7 Å². The normalized spacial score (nSPS) is 18.9. The van der Waals surface area contributed by atoms with Crippen molar-refractivity contribution in [3.63, 3.8) is 0 Å². The highest BCUT2D eigenvalue weighted by Gasteiger charge is 2.39. The average molecular weight is 378 g/mol. The molecule has 0 saturated carbocycles. The molecule has 5 nitrogen and oxygen atoms in total. The number of rotatable bonds is 5. The van der Waals surface area contributed by atoms with Crippen molar-refractivity contribution in [1.29, 1.82) is 0 Å². The van der Waals surface area contributed by atoms with E-state index in [-0.39, 0.29) is 23.9 Å². The van der Waals surface area contributed by atoms with E-state index in [2.05, 4.69) is 41.4 Å². The van der Waals surface area contributed by atoms with Gasteiger partial charge in [-0.1, -0.05) is 50.6 Å². The predicted molar refractivity (Wildman–Crippen MR) is 108 cm³/mol. The zero-order chi connectivity index (χ0) is 19.5. The average Bonchev–Trinajstić information content (AvgIpc) is 3.04. The molecule has 0 aromatic heterocycles. The molecule has 1 N–H and O–H groups in total. The van der Waals surface area contributed by atoms with Crippen LogP contribution in [0.1, 0.15) is 37.9 Å². The van der Waals surface area contributed by atoms with E-state index in [1.807, 2.05) is 34.9 Å². The number of amides is 2. The van der Waals surface area contributed by atoms with Gasteiger partial charge >= 0.3 is 0 Å². The Morgan fingerprint density at radius 2 is 1.88 bits per heavy atom. The van der Waals surface area contributed by atoms with E-state index in [0.717, 1.165) is 0 Å². The second-order valence-electron chi connectivity index (χ2n) is 8.18. The third kappa shape index (κ3) is 5.01. The molecule has 26 heavy (non-hydrogen) atoms. The smallest absolute Gasteiger partial charge is 0.243 e. The minimum Gasteiger partial charge on any atom is -0.352 e. The van der Waals surface area contributed by atoms with Gasteiger partial charge in [-0.2, -0.15) is 0 Å². The summed E-state index contributed by atoms with van der Waals surface area (Å²) in [6.07, 6.45) is 0. The van der Waals surface area contributed by atoms with Crippen LogP contribution in [0.2, 0.25) is 0 Å². The molecule has 2 amide bonds. The van der Waals surface area contributed by atoms with Crippen LogP contribution in [0.3, 0.4) is 0 Å². The lowest BCUT2D eigenvalue weighted by Crippen LogP contribution is -2.51. The highest BCUT2D eigenvalue weighted by Crippen LogP contribution is 2.27. The van der Waals surface area contributed by atoms with Crippen LogP contribution in [0.25, 0.3) is 0 Å². The maximum atomic E-state index is 12.8. The summed E-state index contributed by atoms with van der Waals surface area (Å²) >= 11 is 1.64. The van der Waals surface area contributed by atoms with Gasteiger partial charge in [0.25, 0.3) is 0 Å². The quantitative estimate of drug-likeness (QED) is 0.857. The van der Waals surface area contributed by atoms with Crippen molar-refractivity contribution in [2.45, 2.75) is 39.8 Å². The number of nitrogens with one attached hydrogen (secondary N) is 1. The summed E-state index contributed by atoms with van der Waals surface area (Å²) in [5.41, 5.74) is 1.91. The Morgan fingerprint density at radius 1 is 1.27 bits per heavy atom. The monoisotopic (exact) mass is 377 g/mol. The molecule has 1 fully saturated rings. The van der Waals surface area contributed by atoms with Crippen molar-refractivity contribution in [3.8, 4) is 0 Å². The van der Waals surface area contributed by atoms with Crippen molar-refractivity contribution in [1.82, 2.24) is 15.1 Å². The fourth-order valence-corrected chi connectivity index (χ4v) is 4.15. The molecule has 2 rings (SSSR count). The molecule has 0 spiro atoms. The summed E-state index contributed by atoms with van der Waals surface area (Å²) in [6.45, 7) is 8.27. The lowest BCUT2D eigenvalue weighted by atomic mass is 9.94. The van der Waals surface area contributed by atoms with Crippen molar-refractivity contribution in [2.75, 3.05) is 32.3 Å². The van der Waals surface area contributed by atoms with Crippen LogP contribution in [0.4, 0.5) is 0 Å². The topological polar surface area (TPSA) is 52.7 Å². The van der Waals surface area contributed by atoms with E-state index in [4.69, 9.17) is 0 Å². The minimum absolute atomic E-state index is 0.0327. The molecule has 2 unspecified atom stereocenters. The molecule has 2 atom stereocenters. The van der Waals surface area contributed by atoms with Crippen LogP contribution in [0.5, 0.6) is 0 Å². The highest BCUT2D eigenvalue weighted by atomic mass is 32.2. The predicted octanol–water partition coefficient (Wildman–Crippen LogP) is 2.66. The Labute approximate surface area is 161 Å². The molecule has 144 valence electrons. The first kappa shape index (κ1) is 20.8. The fraction of sp³-hybridized carbons (Fsp3) is 0.600. The van der Waals surface area contributed by atoms with Crippen molar-refractivity contribution < 1.29 is 9.59 Å². The number of carbonyl (C=O) groups excluding carboxylic acids is 2. The van der Waals surface area contributed by atoms with Gasteiger partial charge in [-0.05, 0) is 26.6 Å². The summed E-state index contributed by atoms with van der Waals surface area (Å²) in [7, 11) is 4.02. The van der Waals surface area contributed by atoms with Crippen LogP contribution in [0, 0.1) is 12.3 Å². The van der Waals surface area contributed by atoms with Crippen molar-refractivity contribution in [2.24, 2.45) is 5.41 Å². The number of aryl methyl sites for hydroxylation is 1. The largest absolute Gasteiger partial charge is 0.352 e.